The third kappa shape index (κ3) is 6.97. The molecule has 206 valence electrons. The maximum atomic E-state index is 14.6. The lowest BCUT2D eigenvalue weighted by Gasteiger charge is -2.37. The minimum absolute atomic E-state index is 0.0659. The smallest absolute Gasteiger partial charge is 0.410 e. The van der Waals surface area contributed by atoms with Crippen molar-refractivity contribution >= 4 is 23.7 Å². The van der Waals surface area contributed by atoms with E-state index in [0.717, 1.165) is 23.1 Å². The van der Waals surface area contributed by atoms with Crippen LogP contribution in [0.1, 0.15) is 60.3 Å². The molecule has 1 aliphatic carbocycles. The van der Waals surface area contributed by atoms with Crippen molar-refractivity contribution in [2.75, 3.05) is 13.7 Å². The van der Waals surface area contributed by atoms with E-state index in [4.69, 9.17) is 16.3 Å². The Morgan fingerprint density at radius 1 is 1.05 bits per heavy atom. The number of aryl methyl sites for hydroxylation is 1. The SMILES string of the molecule is COC(=O)c1ccc(-c2ccc3c(c2)C[C@@H](N(C[C@H](O)c2ccc(Cl)cc2)C(=O)OC(C)(C)C)CC3)cc1F. The van der Waals surface area contributed by atoms with Crippen LogP contribution in [-0.4, -0.2) is 47.4 Å². The number of methoxy groups -OCH3 is 1. The molecule has 6 nitrogen and oxygen atoms in total. The Morgan fingerprint density at radius 2 is 1.72 bits per heavy atom. The number of aliphatic hydroxyl groups excluding tert-OH is 1. The summed E-state index contributed by atoms with van der Waals surface area (Å²) < 4.78 is 25.0. The minimum Gasteiger partial charge on any atom is -0.465 e. The molecule has 0 spiro atoms. The van der Waals surface area contributed by atoms with Gasteiger partial charge in [-0.15, -0.1) is 0 Å². The second-order valence-electron chi connectivity index (χ2n) is 10.8. The molecule has 4 rings (SSSR count). The zero-order valence-corrected chi connectivity index (χ0v) is 23.3. The van der Waals surface area contributed by atoms with Gasteiger partial charge in [-0.1, -0.05) is 48.0 Å². The molecule has 1 aliphatic rings. The first-order valence-electron chi connectivity index (χ1n) is 12.9. The van der Waals surface area contributed by atoms with E-state index in [9.17, 15) is 19.1 Å². The molecule has 0 saturated carbocycles. The van der Waals surface area contributed by atoms with Crippen LogP contribution in [0.4, 0.5) is 9.18 Å². The number of amides is 1. The predicted octanol–water partition coefficient (Wildman–Crippen LogP) is 6.76. The number of carbonyl (C=O) groups is 2. The summed E-state index contributed by atoms with van der Waals surface area (Å²) >= 11 is 6.00. The van der Waals surface area contributed by atoms with Gasteiger partial charge in [-0.3, -0.25) is 0 Å². The summed E-state index contributed by atoms with van der Waals surface area (Å²) in [7, 11) is 1.21. The molecule has 0 bridgehead atoms. The quantitative estimate of drug-likeness (QED) is 0.341. The Bertz CT molecular complexity index is 1350. The van der Waals surface area contributed by atoms with E-state index >= 15 is 0 Å². The van der Waals surface area contributed by atoms with Crippen LogP contribution >= 0.6 is 11.6 Å². The molecular weight excluding hydrogens is 521 g/mol. The van der Waals surface area contributed by atoms with E-state index in [1.54, 1.807) is 35.2 Å². The van der Waals surface area contributed by atoms with Crippen molar-refractivity contribution in [3.8, 4) is 11.1 Å². The molecule has 0 aromatic heterocycles. The van der Waals surface area contributed by atoms with Crippen LogP contribution in [0.2, 0.25) is 5.02 Å². The number of hydrogen-bond donors (Lipinski definition) is 1. The molecule has 3 aromatic carbocycles. The first kappa shape index (κ1) is 28.6. The number of rotatable bonds is 6. The van der Waals surface area contributed by atoms with Gasteiger partial charge in [0.1, 0.15) is 11.4 Å². The topological polar surface area (TPSA) is 76.1 Å². The third-order valence-electron chi connectivity index (χ3n) is 6.81. The molecule has 1 N–H and O–H groups in total. The van der Waals surface area contributed by atoms with Gasteiger partial charge in [0, 0.05) is 11.1 Å². The molecule has 1 amide bonds. The number of carbonyl (C=O) groups excluding carboxylic acids is 2. The lowest BCUT2D eigenvalue weighted by Crippen LogP contribution is -2.47. The van der Waals surface area contributed by atoms with Gasteiger partial charge in [0.15, 0.2) is 0 Å². The number of benzene rings is 3. The third-order valence-corrected chi connectivity index (χ3v) is 7.06. The first-order chi connectivity index (χ1) is 18.4. The molecule has 0 heterocycles. The molecule has 8 heteroatoms. The Balaban J connectivity index is 1.60. The predicted molar refractivity (Wildman–Crippen MR) is 148 cm³/mol. The van der Waals surface area contributed by atoms with Crippen molar-refractivity contribution in [3.05, 3.63) is 93.8 Å². The average molecular weight is 554 g/mol. The van der Waals surface area contributed by atoms with Crippen molar-refractivity contribution < 1.29 is 28.6 Å². The molecule has 0 fully saturated rings. The number of fused-ring (bicyclic) bond motifs is 1. The van der Waals surface area contributed by atoms with Crippen LogP contribution in [0.25, 0.3) is 11.1 Å². The van der Waals surface area contributed by atoms with Crippen LogP contribution in [0.5, 0.6) is 0 Å². The monoisotopic (exact) mass is 553 g/mol. The van der Waals surface area contributed by atoms with Crippen LogP contribution in [0, 0.1) is 5.82 Å². The Morgan fingerprint density at radius 3 is 2.36 bits per heavy atom. The van der Waals surface area contributed by atoms with Crippen molar-refractivity contribution in [2.45, 2.75) is 57.8 Å². The zero-order chi connectivity index (χ0) is 28.3. The maximum absolute atomic E-state index is 14.6. The number of halogens is 2. The molecule has 0 aliphatic heterocycles. The van der Waals surface area contributed by atoms with Crippen LogP contribution in [0.15, 0.2) is 60.7 Å². The molecule has 0 saturated heterocycles. The zero-order valence-electron chi connectivity index (χ0n) is 22.5. The maximum Gasteiger partial charge on any atom is 0.410 e. The fourth-order valence-corrected chi connectivity index (χ4v) is 4.95. The van der Waals surface area contributed by atoms with Crippen molar-refractivity contribution in [1.82, 2.24) is 4.90 Å². The highest BCUT2D eigenvalue weighted by atomic mass is 35.5. The van der Waals surface area contributed by atoms with Crippen molar-refractivity contribution in [2.24, 2.45) is 0 Å². The summed E-state index contributed by atoms with van der Waals surface area (Å²) in [6, 6.07) is 17.1. The lowest BCUT2D eigenvalue weighted by atomic mass is 9.85. The fourth-order valence-electron chi connectivity index (χ4n) is 4.82. The minimum atomic E-state index is -0.918. The van der Waals surface area contributed by atoms with Crippen LogP contribution in [-0.2, 0) is 22.3 Å². The summed E-state index contributed by atoms with van der Waals surface area (Å²) in [6.07, 6.45) is 0.603. The molecular formula is C31H33ClFNO5. The number of hydrogen-bond acceptors (Lipinski definition) is 5. The van der Waals surface area contributed by atoms with E-state index in [1.807, 2.05) is 39.0 Å². The summed E-state index contributed by atoms with van der Waals surface area (Å²) in [4.78, 5) is 26.7. The normalized spacial score (nSPS) is 15.7. The van der Waals surface area contributed by atoms with E-state index in [1.165, 1.54) is 19.2 Å². The molecule has 3 aromatic rings. The van der Waals surface area contributed by atoms with Gasteiger partial charge in [0.25, 0.3) is 0 Å². The molecule has 2 atom stereocenters. The molecule has 39 heavy (non-hydrogen) atoms. The second-order valence-corrected chi connectivity index (χ2v) is 11.2. The lowest BCUT2D eigenvalue weighted by molar-refractivity contribution is 0.00194. The number of nitrogens with zero attached hydrogens (tertiary/aromatic N) is 1. The largest absolute Gasteiger partial charge is 0.465 e. The average Bonchev–Trinajstić information content (AvgIpc) is 2.89. The first-order valence-corrected chi connectivity index (χ1v) is 13.3. The van der Waals surface area contributed by atoms with Gasteiger partial charge < -0.3 is 19.5 Å². The summed E-state index contributed by atoms with van der Waals surface area (Å²) in [6.45, 7) is 5.50. The van der Waals surface area contributed by atoms with Crippen molar-refractivity contribution in [3.63, 3.8) is 0 Å². The van der Waals surface area contributed by atoms with Crippen molar-refractivity contribution in [1.29, 1.82) is 0 Å². The highest BCUT2D eigenvalue weighted by Crippen LogP contribution is 2.32. The number of ether oxygens (including phenoxy) is 2. The Labute approximate surface area is 233 Å². The standard InChI is InChI=1S/C31H33ClFNO5/c1-31(2,3)39-30(37)34(18-28(35)20-7-11-24(32)12-8-20)25-13-9-19-5-6-21(15-23(19)16-25)22-10-14-26(27(33)17-22)29(36)38-4/h5-8,10-12,14-15,17,25,28,35H,9,13,16,18H2,1-4H3/t25-,28-/m0/s1. The van der Waals surface area contributed by atoms with Gasteiger partial charge in [0.05, 0.1) is 25.3 Å². The van der Waals surface area contributed by atoms with E-state index in [2.05, 4.69) is 4.74 Å². The van der Waals surface area contributed by atoms with Crippen LogP contribution in [0.3, 0.4) is 0 Å². The Hall–Kier alpha value is -3.42. The van der Waals surface area contributed by atoms with Gasteiger partial charge in [-0.2, -0.15) is 0 Å². The van der Waals surface area contributed by atoms with Gasteiger partial charge in [-0.25, -0.2) is 14.0 Å². The fraction of sp³-hybridized carbons (Fsp3) is 0.355. The van der Waals surface area contributed by atoms with Crippen LogP contribution < -0.4 is 0 Å². The summed E-state index contributed by atoms with van der Waals surface area (Å²) in [5.74, 6) is -1.38. The van der Waals surface area contributed by atoms with E-state index in [0.29, 0.717) is 29.0 Å². The van der Waals surface area contributed by atoms with E-state index < -0.39 is 29.6 Å². The Kier molecular flexibility index (Phi) is 8.62. The van der Waals surface area contributed by atoms with Gasteiger partial charge >= 0.3 is 12.1 Å². The van der Waals surface area contributed by atoms with Gasteiger partial charge in [0.2, 0.25) is 0 Å². The molecule has 0 unspecified atom stereocenters. The highest BCUT2D eigenvalue weighted by molar-refractivity contribution is 6.30. The second kappa shape index (κ2) is 11.8. The van der Waals surface area contributed by atoms with E-state index in [-0.39, 0.29) is 18.2 Å². The molecule has 0 radical (unpaired) electrons. The number of esters is 1. The van der Waals surface area contributed by atoms with Gasteiger partial charge in [-0.05, 0) is 92.1 Å². The number of aliphatic hydroxyl groups is 1. The summed E-state index contributed by atoms with van der Waals surface area (Å²) in [5.41, 5.74) is 3.47. The highest BCUT2D eigenvalue weighted by Gasteiger charge is 2.33. The summed E-state index contributed by atoms with van der Waals surface area (Å²) in [5, 5.41) is 11.6.